The first-order chi connectivity index (χ1) is 14.7. The van der Waals surface area contributed by atoms with Crippen LogP contribution >= 0.6 is 0 Å². The van der Waals surface area contributed by atoms with E-state index < -0.39 is 0 Å². The van der Waals surface area contributed by atoms with Crippen molar-refractivity contribution in [2.75, 3.05) is 14.2 Å². The highest BCUT2D eigenvalue weighted by Crippen LogP contribution is 2.29. The Hall–Kier alpha value is -3.86. The van der Waals surface area contributed by atoms with E-state index >= 15 is 0 Å². The van der Waals surface area contributed by atoms with Gasteiger partial charge in [-0.25, -0.2) is 4.98 Å². The average molecular weight is 398 g/mol. The smallest absolute Gasteiger partial charge is 0.254 e. The summed E-state index contributed by atoms with van der Waals surface area (Å²) in [5.74, 6) is 1.75. The zero-order valence-corrected chi connectivity index (χ0v) is 16.9. The molecule has 0 bridgehead atoms. The molecule has 5 nitrogen and oxygen atoms in total. The molecule has 0 unspecified atom stereocenters. The molecule has 0 aliphatic rings. The minimum absolute atomic E-state index is 0.104. The van der Waals surface area contributed by atoms with Gasteiger partial charge in [0.05, 0.1) is 18.9 Å². The van der Waals surface area contributed by atoms with Crippen molar-refractivity contribution in [1.29, 1.82) is 0 Å². The van der Waals surface area contributed by atoms with Crippen LogP contribution in [0.3, 0.4) is 0 Å². The van der Waals surface area contributed by atoms with Gasteiger partial charge in [0.2, 0.25) is 5.89 Å². The van der Waals surface area contributed by atoms with Crippen LogP contribution in [0.1, 0.15) is 15.9 Å². The highest BCUT2D eigenvalue weighted by molar-refractivity contribution is 5.99. The molecular formula is C25H22N2O3. The van der Waals surface area contributed by atoms with E-state index in [2.05, 4.69) is 4.98 Å². The van der Waals surface area contributed by atoms with Crippen molar-refractivity contribution in [3.8, 4) is 28.5 Å². The number of aromatic nitrogens is 1. The van der Waals surface area contributed by atoms with Crippen molar-refractivity contribution >= 4 is 5.91 Å². The molecule has 0 atom stereocenters. The Bertz CT molecular complexity index is 1150. The summed E-state index contributed by atoms with van der Waals surface area (Å²) in [4.78, 5) is 19.3. The van der Waals surface area contributed by atoms with Gasteiger partial charge in [-0.05, 0) is 29.8 Å². The first-order valence-corrected chi connectivity index (χ1v) is 9.65. The Balaban J connectivity index is 1.60. The lowest BCUT2D eigenvalue weighted by Gasteiger charge is -2.19. The Morgan fingerprint density at radius 3 is 2.57 bits per heavy atom. The average Bonchev–Trinajstić information content (AvgIpc) is 3.29. The quantitative estimate of drug-likeness (QED) is 0.443. The topological polar surface area (TPSA) is 55.6 Å². The summed E-state index contributed by atoms with van der Waals surface area (Å²) in [6.07, 6.45) is 1.69. The molecule has 0 fully saturated rings. The van der Waals surface area contributed by atoms with Crippen molar-refractivity contribution in [2.24, 2.45) is 0 Å². The second-order valence-electron chi connectivity index (χ2n) is 6.95. The third-order valence-corrected chi connectivity index (χ3v) is 4.85. The number of rotatable bonds is 6. The molecule has 150 valence electrons. The molecule has 4 aromatic rings. The van der Waals surface area contributed by atoms with E-state index in [1.807, 2.05) is 72.8 Å². The number of amides is 1. The van der Waals surface area contributed by atoms with Gasteiger partial charge in [0, 0.05) is 24.7 Å². The molecule has 0 spiro atoms. The van der Waals surface area contributed by atoms with Crippen molar-refractivity contribution in [1.82, 2.24) is 9.88 Å². The lowest BCUT2D eigenvalue weighted by atomic mass is 10.1. The Morgan fingerprint density at radius 2 is 1.77 bits per heavy atom. The fourth-order valence-corrected chi connectivity index (χ4v) is 3.31. The summed E-state index contributed by atoms with van der Waals surface area (Å²) in [7, 11) is 3.41. The monoisotopic (exact) mass is 398 g/mol. The Labute approximate surface area is 175 Å². The second kappa shape index (κ2) is 8.66. The second-order valence-corrected chi connectivity index (χ2v) is 6.95. The number of carbonyl (C=O) groups excluding carboxylic acids is 1. The molecule has 30 heavy (non-hydrogen) atoms. The third kappa shape index (κ3) is 4.10. The van der Waals surface area contributed by atoms with Crippen molar-refractivity contribution in [3.05, 3.63) is 96.2 Å². The molecule has 0 radical (unpaired) electrons. The van der Waals surface area contributed by atoms with Crippen LogP contribution in [0.25, 0.3) is 22.8 Å². The fraction of sp³-hybridized carbons (Fsp3) is 0.120. The Kier molecular flexibility index (Phi) is 5.61. The highest BCUT2D eigenvalue weighted by Gasteiger charge is 2.20. The molecule has 0 saturated carbocycles. The lowest BCUT2D eigenvalue weighted by Crippen LogP contribution is -2.26. The molecule has 0 aliphatic carbocycles. The Morgan fingerprint density at radius 1 is 1.00 bits per heavy atom. The number of ether oxygens (including phenoxy) is 1. The molecule has 1 amide bonds. The summed E-state index contributed by atoms with van der Waals surface area (Å²) in [6.45, 7) is 0.464. The predicted molar refractivity (Wildman–Crippen MR) is 116 cm³/mol. The molecule has 4 rings (SSSR count). The van der Waals surface area contributed by atoms with Crippen LogP contribution in [-0.4, -0.2) is 29.9 Å². The molecule has 0 aliphatic heterocycles. The summed E-state index contributed by atoms with van der Waals surface area (Å²) in [5.41, 5.74) is 3.15. The first kappa shape index (κ1) is 19.5. The van der Waals surface area contributed by atoms with Crippen LogP contribution in [0.5, 0.6) is 5.75 Å². The van der Waals surface area contributed by atoms with E-state index in [4.69, 9.17) is 9.15 Å². The van der Waals surface area contributed by atoms with E-state index in [0.717, 1.165) is 16.9 Å². The molecule has 3 aromatic carbocycles. The van der Waals surface area contributed by atoms with Gasteiger partial charge in [-0.1, -0.05) is 54.6 Å². The number of carbonyl (C=O) groups is 1. The van der Waals surface area contributed by atoms with Gasteiger partial charge in [-0.15, -0.1) is 0 Å². The maximum absolute atomic E-state index is 13.2. The molecule has 0 N–H and O–H groups in total. The fourth-order valence-electron chi connectivity index (χ4n) is 3.31. The van der Waals surface area contributed by atoms with Gasteiger partial charge in [-0.3, -0.25) is 4.79 Å². The van der Waals surface area contributed by atoms with Crippen LogP contribution < -0.4 is 4.74 Å². The maximum Gasteiger partial charge on any atom is 0.254 e. The maximum atomic E-state index is 13.2. The van der Waals surface area contributed by atoms with E-state index in [-0.39, 0.29) is 5.91 Å². The minimum Gasteiger partial charge on any atom is -0.497 e. The van der Waals surface area contributed by atoms with E-state index in [1.165, 1.54) is 0 Å². The molecule has 0 saturated heterocycles. The van der Waals surface area contributed by atoms with E-state index in [1.54, 1.807) is 31.3 Å². The number of benzene rings is 3. The zero-order chi connectivity index (χ0) is 20.9. The van der Waals surface area contributed by atoms with Crippen molar-refractivity contribution in [3.63, 3.8) is 0 Å². The lowest BCUT2D eigenvalue weighted by molar-refractivity contribution is 0.0785. The molecule has 5 heteroatoms. The number of methoxy groups -OCH3 is 1. The van der Waals surface area contributed by atoms with E-state index in [9.17, 15) is 4.79 Å². The number of oxazole rings is 1. The third-order valence-electron chi connectivity index (χ3n) is 4.85. The van der Waals surface area contributed by atoms with Crippen LogP contribution in [0.15, 0.2) is 89.5 Å². The largest absolute Gasteiger partial charge is 0.497 e. The summed E-state index contributed by atoms with van der Waals surface area (Å²) in [5, 5.41) is 0. The first-order valence-electron chi connectivity index (χ1n) is 9.65. The SMILES string of the molecule is COc1cccc(CN(C)C(=O)c2ccccc2-c2ncc(-c3ccccc3)o2)c1. The molecular weight excluding hydrogens is 376 g/mol. The number of hydrogen-bond acceptors (Lipinski definition) is 4. The van der Waals surface area contributed by atoms with Gasteiger partial charge in [-0.2, -0.15) is 0 Å². The molecule has 1 aromatic heterocycles. The number of nitrogens with zero attached hydrogens (tertiary/aromatic N) is 2. The van der Waals surface area contributed by atoms with Gasteiger partial charge < -0.3 is 14.1 Å². The number of hydrogen-bond donors (Lipinski definition) is 0. The zero-order valence-electron chi connectivity index (χ0n) is 16.9. The minimum atomic E-state index is -0.104. The van der Waals surface area contributed by atoms with Gasteiger partial charge in [0.1, 0.15) is 5.75 Å². The van der Waals surface area contributed by atoms with Crippen molar-refractivity contribution < 1.29 is 13.9 Å². The van der Waals surface area contributed by atoms with Crippen LogP contribution in [-0.2, 0) is 6.54 Å². The summed E-state index contributed by atoms with van der Waals surface area (Å²) >= 11 is 0. The van der Waals surface area contributed by atoms with Gasteiger partial charge in [0.15, 0.2) is 5.76 Å². The molecule has 1 heterocycles. The normalized spacial score (nSPS) is 10.6. The van der Waals surface area contributed by atoms with Gasteiger partial charge >= 0.3 is 0 Å². The summed E-state index contributed by atoms with van der Waals surface area (Å²) in [6, 6.07) is 24.8. The van der Waals surface area contributed by atoms with Crippen molar-refractivity contribution in [2.45, 2.75) is 6.54 Å². The highest BCUT2D eigenvalue weighted by atomic mass is 16.5. The standard InChI is InChI=1S/C25H22N2O3/c1-27(17-18-9-8-12-20(15-18)29-2)25(28)22-14-7-6-13-21(22)24-26-16-23(30-24)19-10-4-3-5-11-19/h3-16H,17H2,1-2H3. The predicted octanol–water partition coefficient (Wildman–Crippen LogP) is 5.29. The van der Waals surface area contributed by atoms with Crippen LogP contribution in [0.2, 0.25) is 0 Å². The van der Waals surface area contributed by atoms with Crippen LogP contribution in [0.4, 0.5) is 0 Å². The van der Waals surface area contributed by atoms with Crippen LogP contribution in [0, 0.1) is 0 Å². The van der Waals surface area contributed by atoms with E-state index in [0.29, 0.717) is 29.3 Å². The van der Waals surface area contributed by atoms with Gasteiger partial charge in [0.25, 0.3) is 5.91 Å². The summed E-state index contributed by atoms with van der Waals surface area (Å²) < 4.78 is 11.2.